The van der Waals surface area contributed by atoms with Gasteiger partial charge in [0.15, 0.2) is 0 Å². The molecule has 0 bridgehead atoms. The van der Waals surface area contributed by atoms with E-state index < -0.39 is 0 Å². The van der Waals surface area contributed by atoms with Gasteiger partial charge in [0, 0.05) is 33.3 Å². The lowest BCUT2D eigenvalue weighted by Gasteiger charge is -2.12. The minimum absolute atomic E-state index is 0.335. The summed E-state index contributed by atoms with van der Waals surface area (Å²) in [4.78, 5) is 3.92. The molecule has 1 aromatic rings. The molecular weight excluding hydrogens is 206 g/mol. The van der Waals surface area contributed by atoms with Crippen molar-refractivity contribution in [2.24, 2.45) is 0 Å². The Morgan fingerprint density at radius 3 is 2.81 bits per heavy atom. The average Bonchev–Trinajstić information content (AvgIpc) is 2.81. The van der Waals surface area contributed by atoms with Crippen LogP contribution in [0.4, 0.5) is 0 Å². The zero-order valence-electron chi connectivity index (χ0n) is 10.0. The molecule has 0 amide bonds. The van der Waals surface area contributed by atoms with E-state index in [1.54, 1.807) is 19.8 Å². The van der Waals surface area contributed by atoms with Gasteiger partial charge in [0.2, 0.25) is 0 Å². The van der Waals surface area contributed by atoms with Crippen LogP contribution in [0, 0.1) is 0 Å². The molecule has 1 unspecified atom stereocenters. The van der Waals surface area contributed by atoms with Crippen molar-refractivity contribution in [3.05, 3.63) is 12.7 Å². The molecule has 0 fully saturated rings. The SMILES string of the molecule is COCCNCCNCC(C)n1cncn1. The highest BCUT2D eigenvalue weighted by Gasteiger charge is 2.02. The molecule has 16 heavy (non-hydrogen) atoms. The smallest absolute Gasteiger partial charge is 0.137 e. The molecule has 0 aliphatic heterocycles. The lowest BCUT2D eigenvalue weighted by atomic mass is 10.3. The van der Waals surface area contributed by atoms with Crippen molar-refractivity contribution in [3.8, 4) is 0 Å². The molecule has 1 rings (SSSR count). The van der Waals surface area contributed by atoms with Crippen LogP contribution in [0.5, 0.6) is 0 Å². The third-order valence-corrected chi connectivity index (χ3v) is 2.29. The summed E-state index contributed by atoms with van der Waals surface area (Å²) in [6.45, 7) is 6.57. The van der Waals surface area contributed by atoms with Gasteiger partial charge in [0.05, 0.1) is 12.6 Å². The molecular formula is C10H21N5O. The Kier molecular flexibility index (Phi) is 6.71. The Labute approximate surface area is 96.4 Å². The van der Waals surface area contributed by atoms with Gasteiger partial charge in [-0.15, -0.1) is 0 Å². The minimum Gasteiger partial charge on any atom is -0.383 e. The second-order valence-electron chi connectivity index (χ2n) is 3.67. The van der Waals surface area contributed by atoms with Crippen LogP contribution >= 0.6 is 0 Å². The summed E-state index contributed by atoms with van der Waals surface area (Å²) in [5, 5.41) is 10.7. The molecule has 0 spiro atoms. The molecule has 0 aliphatic carbocycles. The van der Waals surface area contributed by atoms with Crippen LogP contribution in [0.25, 0.3) is 0 Å². The van der Waals surface area contributed by atoms with Crippen molar-refractivity contribution >= 4 is 0 Å². The van der Waals surface area contributed by atoms with Crippen LogP contribution in [0.1, 0.15) is 13.0 Å². The van der Waals surface area contributed by atoms with E-state index in [1.165, 1.54) is 0 Å². The summed E-state index contributed by atoms with van der Waals surface area (Å²) < 4.78 is 6.79. The second kappa shape index (κ2) is 8.20. The maximum Gasteiger partial charge on any atom is 0.137 e. The Morgan fingerprint density at radius 2 is 2.12 bits per heavy atom. The molecule has 0 aromatic carbocycles. The molecule has 6 heteroatoms. The van der Waals surface area contributed by atoms with Gasteiger partial charge in [-0.25, -0.2) is 9.67 Å². The average molecular weight is 227 g/mol. The maximum atomic E-state index is 4.93. The van der Waals surface area contributed by atoms with E-state index in [-0.39, 0.29) is 0 Å². The highest BCUT2D eigenvalue weighted by Crippen LogP contribution is 1.98. The van der Waals surface area contributed by atoms with Gasteiger partial charge in [-0.05, 0) is 6.92 Å². The zero-order valence-corrected chi connectivity index (χ0v) is 10.0. The number of methoxy groups -OCH3 is 1. The van der Waals surface area contributed by atoms with Crippen LogP contribution in [0.2, 0.25) is 0 Å². The first-order chi connectivity index (χ1) is 7.84. The molecule has 2 N–H and O–H groups in total. The predicted molar refractivity (Wildman–Crippen MR) is 62.3 cm³/mol. The highest BCUT2D eigenvalue weighted by atomic mass is 16.5. The predicted octanol–water partition coefficient (Wildman–Crippen LogP) is -0.335. The van der Waals surface area contributed by atoms with Crippen LogP contribution in [0.3, 0.4) is 0 Å². The Balaban J connectivity index is 1.95. The number of rotatable bonds is 9. The number of hydrogen-bond donors (Lipinski definition) is 2. The normalized spacial score (nSPS) is 12.9. The lowest BCUT2D eigenvalue weighted by Crippen LogP contribution is -2.32. The number of nitrogens with one attached hydrogen (secondary N) is 2. The molecule has 6 nitrogen and oxygen atoms in total. The molecule has 1 atom stereocenters. The molecule has 0 aliphatic rings. The topological polar surface area (TPSA) is 64.0 Å². The number of aromatic nitrogens is 3. The summed E-state index contributed by atoms with van der Waals surface area (Å²) >= 11 is 0. The highest BCUT2D eigenvalue weighted by molar-refractivity contribution is 4.67. The minimum atomic E-state index is 0.335. The second-order valence-corrected chi connectivity index (χ2v) is 3.67. The van der Waals surface area contributed by atoms with Gasteiger partial charge in [-0.1, -0.05) is 0 Å². The van der Waals surface area contributed by atoms with E-state index in [4.69, 9.17) is 4.74 Å². The summed E-state index contributed by atoms with van der Waals surface area (Å²) in [6.07, 6.45) is 3.30. The number of nitrogens with zero attached hydrogens (tertiary/aromatic N) is 3. The lowest BCUT2D eigenvalue weighted by molar-refractivity contribution is 0.199. The third kappa shape index (κ3) is 5.20. The number of hydrogen-bond acceptors (Lipinski definition) is 5. The van der Waals surface area contributed by atoms with Crippen LogP contribution in [-0.4, -0.2) is 54.7 Å². The fourth-order valence-corrected chi connectivity index (χ4v) is 1.33. The van der Waals surface area contributed by atoms with Crippen molar-refractivity contribution in [3.63, 3.8) is 0 Å². The Hall–Kier alpha value is -0.980. The summed E-state index contributed by atoms with van der Waals surface area (Å²) in [6, 6.07) is 0.335. The fraction of sp³-hybridized carbons (Fsp3) is 0.800. The van der Waals surface area contributed by atoms with Crippen molar-refractivity contribution in [2.45, 2.75) is 13.0 Å². The molecule has 1 heterocycles. The fourth-order valence-electron chi connectivity index (χ4n) is 1.33. The molecule has 92 valence electrons. The van der Waals surface area contributed by atoms with E-state index in [2.05, 4.69) is 27.6 Å². The number of ether oxygens (including phenoxy) is 1. The van der Waals surface area contributed by atoms with Gasteiger partial charge < -0.3 is 15.4 Å². The van der Waals surface area contributed by atoms with E-state index in [9.17, 15) is 0 Å². The summed E-state index contributed by atoms with van der Waals surface area (Å²) in [5.74, 6) is 0. The van der Waals surface area contributed by atoms with E-state index >= 15 is 0 Å². The Morgan fingerprint density at radius 1 is 1.31 bits per heavy atom. The molecule has 0 saturated heterocycles. The largest absolute Gasteiger partial charge is 0.383 e. The zero-order chi connectivity index (χ0) is 11.6. The summed E-state index contributed by atoms with van der Waals surface area (Å²) in [7, 11) is 1.71. The molecule has 0 radical (unpaired) electrons. The van der Waals surface area contributed by atoms with Crippen LogP contribution in [-0.2, 0) is 4.74 Å². The quantitative estimate of drug-likeness (QED) is 0.565. The van der Waals surface area contributed by atoms with Crippen molar-refractivity contribution in [1.29, 1.82) is 0 Å². The first-order valence-electron chi connectivity index (χ1n) is 5.59. The van der Waals surface area contributed by atoms with Gasteiger partial charge in [-0.2, -0.15) is 5.10 Å². The van der Waals surface area contributed by atoms with E-state index in [0.29, 0.717) is 6.04 Å². The van der Waals surface area contributed by atoms with E-state index in [1.807, 2.05) is 4.68 Å². The molecule has 1 aromatic heterocycles. The van der Waals surface area contributed by atoms with E-state index in [0.717, 1.165) is 32.8 Å². The van der Waals surface area contributed by atoms with Gasteiger partial charge in [0.25, 0.3) is 0 Å². The first-order valence-corrected chi connectivity index (χ1v) is 5.59. The maximum absolute atomic E-state index is 4.93. The van der Waals surface area contributed by atoms with Gasteiger partial charge in [0.1, 0.15) is 12.7 Å². The first kappa shape index (κ1) is 13.1. The monoisotopic (exact) mass is 227 g/mol. The standard InChI is InChI=1S/C10H21N5O/c1-10(15-9-13-8-14-15)7-12-4-3-11-5-6-16-2/h8-12H,3-7H2,1-2H3. The van der Waals surface area contributed by atoms with Crippen molar-refractivity contribution < 1.29 is 4.74 Å². The third-order valence-electron chi connectivity index (χ3n) is 2.29. The van der Waals surface area contributed by atoms with Crippen LogP contribution < -0.4 is 10.6 Å². The molecule has 0 saturated carbocycles. The van der Waals surface area contributed by atoms with Gasteiger partial charge >= 0.3 is 0 Å². The Bertz CT molecular complexity index is 252. The summed E-state index contributed by atoms with van der Waals surface area (Å²) in [5.41, 5.74) is 0. The van der Waals surface area contributed by atoms with Gasteiger partial charge in [-0.3, -0.25) is 0 Å². The van der Waals surface area contributed by atoms with Crippen LogP contribution in [0.15, 0.2) is 12.7 Å². The van der Waals surface area contributed by atoms with Crippen molar-refractivity contribution in [2.75, 3.05) is 39.9 Å². The van der Waals surface area contributed by atoms with Crippen molar-refractivity contribution in [1.82, 2.24) is 25.4 Å².